The molecule has 0 bridgehead atoms. The molecule has 0 spiro atoms. The smallest absolute Gasteiger partial charge is 0.416 e. The molecule has 1 saturated heterocycles. The van der Waals surface area contributed by atoms with Crippen LogP contribution in [0.2, 0.25) is 0 Å². The van der Waals surface area contributed by atoms with Crippen LogP contribution in [0.5, 0.6) is 0 Å². The number of para-hydroxylation sites is 1. The summed E-state index contributed by atoms with van der Waals surface area (Å²) in [6.07, 6.45) is -0.736. The van der Waals surface area contributed by atoms with Crippen molar-refractivity contribution in [2.45, 2.75) is 6.61 Å². The van der Waals surface area contributed by atoms with E-state index in [0.717, 1.165) is 10.3 Å². The normalized spacial score (nSPS) is 14.0. The van der Waals surface area contributed by atoms with Gasteiger partial charge in [-0.25, -0.2) is 14.5 Å². The summed E-state index contributed by atoms with van der Waals surface area (Å²) >= 11 is 0. The fraction of sp³-hybridized carbons (Fsp3) is 0.312. The van der Waals surface area contributed by atoms with Crippen LogP contribution in [-0.2, 0) is 25.6 Å². The Morgan fingerprint density at radius 3 is 2.79 bits per heavy atom. The number of esters is 1. The van der Waals surface area contributed by atoms with Gasteiger partial charge in [0.1, 0.15) is 12.2 Å². The summed E-state index contributed by atoms with van der Waals surface area (Å²) in [6.45, 7) is -0.125. The van der Waals surface area contributed by atoms with Gasteiger partial charge in [0.05, 0.1) is 13.2 Å². The first-order valence-corrected chi connectivity index (χ1v) is 7.25. The zero-order chi connectivity index (χ0) is 17.1. The summed E-state index contributed by atoms with van der Waals surface area (Å²) < 4.78 is 20.3. The average Bonchev–Trinajstić information content (AvgIpc) is 3.17. The van der Waals surface area contributed by atoms with Crippen molar-refractivity contribution in [3.63, 3.8) is 0 Å². The van der Waals surface area contributed by atoms with Gasteiger partial charge in [0.25, 0.3) is 5.91 Å². The second-order valence-electron chi connectivity index (χ2n) is 5.07. The molecule has 0 radical (unpaired) electrons. The van der Waals surface area contributed by atoms with Gasteiger partial charge < -0.3 is 18.6 Å². The zero-order valence-electron chi connectivity index (χ0n) is 12.9. The van der Waals surface area contributed by atoms with Crippen LogP contribution in [0.3, 0.4) is 0 Å². The molecule has 1 aromatic carbocycles. The number of nitrogens with zero attached hydrogens (tertiary/aromatic N) is 1. The average molecular weight is 333 g/mol. The molecule has 0 atom stereocenters. The van der Waals surface area contributed by atoms with E-state index in [4.69, 9.17) is 13.9 Å². The van der Waals surface area contributed by atoms with Crippen LogP contribution in [0.15, 0.2) is 28.7 Å². The number of imide groups is 1. The first-order chi connectivity index (χ1) is 11.6. The minimum atomic E-state index is -0.792. The number of amides is 2. The largest absolute Gasteiger partial charge is 0.450 e. The number of hydrogen-bond acceptors (Lipinski definition) is 7. The second-order valence-corrected chi connectivity index (χ2v) is 5.07. The maximum absolute atomic E-state index is 12.3. The minimum Gasteiger partial charge on any atom is -0.450 e. The molecule has 1 aliphatic rings. The van der Waals surface area contributed by atoms with Gasteiger partial charge in [0.2, 0.25) is 5.76 Å². The summed E-state index contributed by atoms with van der Waals surface area (Å²) in [5, 5.41) is 0.737. The van der Waals surface area contributed by atoms with Crippen molar-refractivity contribution in [3.8, 4) is 0 Å². The van der Waals surface area contributed by atoms with Crippen molar-refractivity contribution >= 4 is 28.9 Å². The third kappa shape index (κ3) is 2.95. The Morgan fingerprint density at radius 2 is 2.08 bits per heavy atom. The molecular formula is C16H15NO7. The van der Waals surface area contributed by atoms with Gasteiger partial charge in [-0.3, -0.25) is 4.79 Å². The molecule has 1 aromatic heterocycles. The van der Waals surface area contributed by atoms with E-state index in [9.17, 15) is 14.4 Å². The fourth-order valence-corrected chi connectivity index (χ4v) is 2.44. The van der Waals surface area contributed by atoms with Gasteiger partial charge in [-0.15, -0.1) is 0 Å². The molecule has 0 unspecified atom stereocenters. The van der Waals surface area contributed by atoms with Crippen LogP contribution in [0.4, 0.5) is 4.79 Å². The number of benzene rings is 1. The number of carbonyl (C=O) groups excluding carboxylic acids is 3. The predicted octanol–water partition coefficient (Wildman–Crippen LogP) is 1.71. The third-order valence-corrected chi connectivity index (χ3v) is 3.56. The summed E-state index contributed by atoms with van der Waals surface area (Å²) in [4.78, 5) is 36.3. The topological polar surface area (TPSA) is 95.3 Å². The molecule has 2 heterocycles. The molecule has 2 amide bonds. The van der Waals surface area contributed by atoms with E-state index in [1.165, 1.54) is 7.11 Å². The predicted molar refractivity (Wildman–Crippen MR) is 80.3 cm³/mol. The lowest BCUT2D eigenvalue weighted by atomic mass is 10.1. The van der Waals surface area contributed by atoms with Crippen molar-refractivity contribution in [1.82, 2.24) is 4.90 Å². The van der Waals surface area contributed by atoms with Crippen LogP contribution in [0.1, 0.15) is 16.1 Å². The number of carbonyl (C=O) groups is 3. The number of hydrogen-bond donors (Lipinski definition) is 0. The van der Waals surface area contributed by atoms with Gasteiger partial charge in [0.15, 0.2) is 6.61 Å². The SMILES string of the molecule is COCc1c(C(=O)OCC(=O)N2CCOC2=O)oc2ccccc12. The Morgan fingerprint density at radius 1 is 1.29 bits per heavy atom. The highest BCUT2D eigenvalue weighted by atomic mass is 16.6. The highest BCUT2D eigenvalue weighted by Crippen LogP contribution is 2.27. The number of furan rings is 1. The molecule has 126 valence electrons. The molecule has 8 nitrogen and oxygen atoms in total. The molecule has 0 N–H and O–H groups in total. The van der Waals surface area contributed by atoms with E-state index < -0.39 is 24.6 Å². The molecule has 1 aliphatic heterocycles. The lowest BCUT2D eigenvalue weighted by Crippen LogP contribution is -2.35. The lowest BCUT2D eigenvalue weighted by Gasteiger charge is -2.10. The van der Waals surface area contributed by atoms with Crippen LogP contribution in [0.25, 0.3) is 11.0 Å². The Kier molecular flexibility index (Phi) is 4.48. The molecule has 8 heteroatoms. The Labute approximate surface area is 136 Å². The van der Waals surface area contributed by atoms with E-state index in [1.807, 2.05) is 6.07 Å². The fourth-order valence-electron chi connectivity index (χ4n) is 2.44. The van der Waals surface area contributed by atoms with E-state index in [2.05, 4.69) is 4.74 Å². The maximum Gasteiger partial charge on any atom is 0.416 e. The molecule has 3 rings (SSSR count). The van der Waals surface area contributed by atoms with Crippen molar-refractivity contribution in [2.75, 3.05) is 26.9 Å². The Hall–Kier alpha value is -2.87. The summed E-state index contributed by atoms with van der Waals surface area (Å²) in [7, 11) is 1.50. The number of cyclic esters (lactones) is 1. The minimum absolute atomic E-state index is 0.0187. The van der Waals surface area contributed by atoms with Crippen LogP contribution >= 0.6 is 0 Å². The zero-order valence-corrected chi connectivity index (χ0v) is 12.9. The Balaban J connectivity index is 1.75. The quantitative estimate of drug-likeness (QED) is 0.769. The molecule has 0 saturated carbocycles. The van der Waals surface area contributed by atoms with Crippen LogP contribution in [-0.4, -0.2) is 49.7 Å². The molecular weight excluding hydrogens is 318 g/mol. The molecule has 0 aliphatic carbocycles. The standard InChI is InChI=1S/C16H15NO7/c1-21-8-11-10-4-2-3-5-12(10)24-14(11)15(19)23-9-13(18)17-6-7-22-16(17)20/h2-5H,6-9H2,1H3. The Bertz CT molecular complexity index is 795. The monoisotopic (exact) mass is 333 g/mol. The van der Waals surface area contributed by atoms with Crippen molar-refractivity contribution in [1.29, 1.82) is 0 Å². The van der Waals surface area contributed by atoms with Gasteiger partial charge in [0, 0.05) is 18.1 Å². The summed E-state index contributed by atoms with van der Waals surface area (Å²) in [6, 6.07) is 7.11. The number of ether oxygens (including phenoxy) is 3. The van der Waals surface area contributed by atoms with Crippen LogP contribution in [0, 0.1) is 0 Å². The van der Waals surface area contributed by atoms with Crippen molar-refractivity contribution in [3.05, 3.63) is 35.6 Å². The molecule has 1 fully saturated rings. The second kappa shape index (κ2) is 6.71. The summed E-state index contributed by atoms with van der Waals surface area (Å²) in [5.74, 6) is -1.45. The van der Waals surface area contributed by atoms with Crippen molar-refractivity contribution < 1.29 is 33.0 Å². The van der Waals surface area contributed by atoms with Crippen LogP contribution < -0.4 is 0 Å². The number of methoxy groups -OCH3 is 1. The molecule has 24 heavy (non-hydrogen) atoms. The van der Waals surface area contributed by atoms with E-state index in [0.29, 0.717) is 11.1 Å². The van der Waals surface area contributed by atoms with Gasteiger partial charge in [-0.2, -0.15) is 0 Å². The van der Waals surface area contributed by atoms with E-state index in [-0.39, 0.29) is 25.5 Å². The van der Waals surface area contributed by atoms with Gasteiger partial charge >= 0.3 is 12.1 Å². The highest BCUT2D eigenvalue weighted by Gasteiger charge is 2.30. The highest BCUT2D eigenvalue weighted by molar-refractivity contribution is 5.98. The number of fused-ring (bicyclic) bond motifs is 1. The first-order valence-electron chi connectivity index (χ1n) is 7.25. The first kappa shape index (κ1) is 16.0. The number of rotatable bonds is 5. The van der Waals surface area contributed by atoms with Crippen molar-refractivity contribution in [2.24, 2.45) is 0 Å². The van der Waals surface area contributed by atoms with E-state index >= 15 is 0 Å². The van der Waals surface area contributed by atoms with Gasteiger partial charge in [-0.05, 0) is 6.07 Å². The third-order valence-electron chi connectivity index (χ3n) is 3.56. The molecule has 2 aromatic rings. The summed E-state index contributed by atoms with van der Waals surface area (Å²) in [5.41, 5.74) is 1.07. The van der Waals surface area contributed by atoms with E-state index in [1.54, 1.807) is 18.2 Å². The maximum atomic E-state index is 12.3. The van der Waals surface area contributed by atoms with Gasteiger partial charge in [-0.1, -0.05) is 18.2 Å². The lowest BCUT2D eigenvalue weighted by molar-refractivity contribution is -0.131.